The van der Waals surface area contributed by atoms with Gasteiger partial charge >= 0.3 is 5.97 Å². The van der Waals surface area contributed by atoms with E-state index in [9.17, 15) is 9.59 Å². The molecule has 38 heavy (non-hydrogen) atoms. The Morgan fingerprint density at radius 1 is 1.08 bits per heavy atom. The van der Waals surface area contributed by atoms with Crippen LogP contribution in [-0.2, 0) is 15.3 Å². The molecule has 0 N–H and O–H groups in total. The van der Waals surface area contributed by atoms with Gasteiger partial charge in [0, 0.05) is 49.6 Å². The zero-order valence-electron chi connectivity index (χ0n) is 22.4. The van der Waals surface area contributed by atoms with Crippen LogP contribution in [0, 0.1) is 5.92 Å². The Morgan fingerprint density at radius 3 is 2.66 bits per heavy atom. The highest BCUT2D eigenvalue weighted by atomic mass is 32.2. The molecular formula is C30H36N4O3S. The molecule has 2 aromatic carbocycles. The third-order valence-electron chi connectivity index (χ3n) is 6.58. The van der Waals surface area contributed by atoms with Crippen LogP contribution in [0.1, 0.15) is 49.0 Å². The Hall–Kier alpha value is -3.39. The van der Waals surface area contributed by atoms with Gasteiger partial charge in [0.05, 0.1) is 18.2 Å². The van der Waals surface area contributed by atoms with Crippen molar-refractivity contribution >= 4 is 29.5 Å². The highest BCUT2D eigenvalue weighted by Gasteiger charge is 2.29. The normalized spacial score (nSPS) is 15.2. The van der Waals surface area contributed by atoms with E-state index in [-0.39, 0.29) is 17.8 Å². The SMILES string of the molecule is CCCN(C)c1cc(-c2ccccc2)nc(SCc2cccc(C(=O)N3CCCC(C(=O)OCC)C3)c2)n1. The summed E-state index contributed by atoms with van der Waals surface area (Å²) in [6.07, 6.45) is 2.59. The van der Waals surface area contributed by atoms with Crippen LogP contribution >= 0.6 is 11.8 Å². The average Bonchev–Trinajstić information content (AvgIpc) is 2.96. The molecule has 2 heterocycles. The van der Waals surface area contributed by atoms with Crippen molar-refractivity contribution in [1.29, 1.82) is 0 Å². The maximum atomic E-state index is 13.3. The molecule has 0 spiro atoms. The molecule has 0 bridgehead atoms. The minimum atomic E-state index is -0.250. The Kier molecular flexibility index (Phi) is 9.76. The molecule has 7 nitrogen and oxygen atoms in total. The number of hydrogen-bond acceptors (Lipinski definition) is 7. The molecule has 0 radical (unpaired) electrons. The van der Waals surface area contributed by atoms with E-state index in [0.29, 0.717) is 36.2 Å². The maximum Gasteiger partial charge on any atom is 0.310 e. The van der Waals surface area contributed by atoms with Crippen molar-refractivity contribution in [2.24, 2.45) is 5.92 Å². The molecule has 1 aromatic heterocycles. The predicted octanol–water partition coefficient (Wildman–Crippen LogP) is 5.70. The molecule has 1 amide bonds. The van der Waals surface area contributed by atoms with E-state index in [1.807, 2.05) is 48.5 Å². The fourth-order valence-corrected chi connectivity index (χ4v) is 5.41. The van der Waals surface area contributed by atoms with Gasteiger partial charge in [-0.3, -0.25) is 9.59 Å². The number of benzene rings is 2. The topological polar surface area (TPSA) is 75.6 Å². The van der Waals surface area contributed by atoms with Crippen LogP contribution in [0.5, 0.6) is 0 Å². The van der Waals surface area contributed by atoms with Crippen LogP contribution in [-0.4, -0.2) is 60.0 Å². The molecule has 0 aliphatic carbocycles. The van der Waals surface area contributed by atoms with Crippen molar-refractivity contribution in [2.75, 3.05) is 38.2 Å². The van der Waals surface area contributed by atoms with Gasteiger partial charge in [-0.25, -0.2) is 9.97 Å². The van der Waals surface area contributed by atoms with Gasteiger partial charge < -0.3 is 14.5 Å². The van der Waals surface area contributed by atoms with Crippen LogP contribution in [0.15, 0.2) is 65.8 Å². The third-order valence-corrected chi connectivity index (χ3v) is 7.50. The van der Waals surface area contributed by atoms with E-state index in [1.165, 1.54) is 0 Å². The number of piperidine rings is 1. The molecule has 1 aliphatic heterocycles. The van der Waals surface area contributed by atoms with Crippen molar-refractivity contribution in [3.63, 3.8) is 0 Å². The highest BCUT2D eigenvalue weighted by molar-refractivity contribution is 7.98. The Bertz CT molecular complexity index is 1240. The number of carbonyl (C=O) groups is 2. The Labute approximate surface area is 229 Å². The summed E-state index contributed by atoms with van der Waals surface area (Å²) in [6.45, 7) is 6.29. The zero-order valence-corrected chi connectivity index (χ0v) is 23.2. The van der Waals surface area contributed by atoms with E-state index in [0.717, 1.165) is 48.4 Å². The Morgan fingerprint density at radius 2 is 1.89 bits per heavy atom. The zero-order chi connectivity index (χ0) is 26.9. The molecule has 1 fully saturated rings. The first-order chi connectivity index (χ1) is 18.5. The summed E-state index contributed by atoms with van der Waals surface area (Å²) < 4.78 is 5.19. The molecular weight excluding hydrogens is 496 g/mol. The van der Waals surface area contributed by atoms with E-state index in [4.69, 9.17) is 14.7 Å². The van der Waals surface area contributed by atoms with Crippen molar-refractivity contribution < 1.29 is 14.3 Å². The van der Waals surface area contributed by atoms with E-state index in [2.05, 4.69) is 31.0 Å². The smallest absolute Gasteiger partial charge is 0.310 e. The third kappa shape index (κ3) is 7.13. The van der Waals surface area contributed by atoms with Crippen molar-refractivity contribution in [3.05, 3.63) is 71.8 Å². The van der Waals surface area contributed by atoms with E-state index in [1.54, 1.807) is 23.6 Å². The summed E-state index contributed by atoms with van der Waals surface area (Å²) in [5.74, 6) is 1.03. The fourth-order valence-electron chi connectivity index (χ4n) is 4.62. The summed E-state index contributed by atoms with van der Waals surface area (Å²) >= 11 is 1.56. The second kappa shape index (κ2) is 13.4. The van der Waals surface area contributed by atoms with E-state index >= 15 is 0 Å². The molecule has 0 saturated carbocycles. The lowest BCUT2D eigenvalue weighted by molar-refractivity contribution is -0.149. The van der Waals surface area contributed by atoms with Crippen LogP contribution in [0.2, 0.25) is 0 Å². The second-order valence-electron chi connectivity index (χ2n) is 9.51. The van der Waals surface area contributed by atoms with Crippen LogP contribution in [0.25, 0.3) is 11.3 Å². The number of rotatable bonds is 10. The van der Waals surface area contributed by atoms with Gasteiger partial charge in [0.2, 0.25) is 0 Å². The van der Waals surface area contributed by atoms with Gasteiger partial charge in [0.1, 0.15) is 5.82 Å². The minimum absolute atomic E-state index is 0.0448. The van der Waals surface area contributed by atoms with Crippen LogP contribution < -0.4 is 4.90 Å². The number of nitrogens with zero attached hydrogens (tertiary/aromatic N) is 4. The second-order valence-corrected chi connectivity index (χ2v) is 10.5. The minimum Gasteiger partial charge on any atom is -0.466 e. The molecule has 8 heteroatoms. The first-order valence-corrected chi connectivity index (χ1v) is 14.3. The van der Waals surface area contributed by atoms with Crippen molar-refractivity contribution in [2.45, 2.75) is 44.0 Å². The number of amides is 1. The number of esters is 1. The summed E-state index contributed by atoms with van der Waals surface area (Å²) in [5.41, 5.74) is 3.61. The van der Waals surface area contributed by atoms with Crippen LogP contribution in [0.3, 0.4) is 0 Å². The molecule has 1 unspecified atom stereocenters. The van der Waals surface area contributed by atoms with Crippen molar-refractivity contribution in [3.8, 4) is 11.3 Å². The van der Waals surface area contributed by atoms with Crippen molar-refractivity contribution in [1.82, 2.24) is 14.9 Å². The summed E-state index contributed by atoms with van der Waals surface area (Å²) in [5, 5.41) is 0.703. The quantitative estimate of drug-likeness (QED) is 0.188. The summed E-state index contributed by atoms with van der Waals surface area (Å²) in [6, 6.07) is 19.9. The maximum absolute atomic E-state index is 13.3. The molecule has 1 saturated heterocycles. The van der Waals surface area contributed by atoms with Gasteiger partial charge in [0.25, 0.3) is 5.91 Å². The Balaban J connectivity index is 1.48. The summed E-state index contributed by atoms with van der Waals surface area (Å²) in [4.78, 5) is 39.1. The molecule has 1 atom stereocenters. The number of ether oxygens (including phenoxy) is 1. The lowest BCUT2D eigenvalue weighted by Crippen LogP contribution is -2.42. The number of aromatic nitrogens is 2. The van der Waals surface area contributed by atoms with E-state index < -0.39 is 0 Å². The first kappa shape index (κ1) is 27.6. The highest BCUT2D eigenvalue weighted by Crippen LogP contribution is 2.28. The fraction of sp³-hybridized carbons (Fsp3) is 0.400. The number of anilines is 1. The number of carbonyl (C=O) groups excluding carboxylic acids is 2. The van der Waals surface area contributed by atoms with Gasteiger partial charge in [-0.05, 0) is 43.9 Å². The largest absolute Gasteiger partial charge is 0.466 e. The summed E-state index contributed by atoms with van der Waals surface area (Å²) in [7, 11) is 2.05. The standard InChI is InChI=1S/C30H36N4O3S/c1-4-16-33(3)27-19-26(23-12-7-6-8-13-23)31-30(32-27)38-21-22-11-9-14-24(18-22)28(35)34-17-10-15-25(20-34)29(36)37-5-2/h6-9,11-14,18-19,25H,4-5,10,15-17,20-21H2,1-3H3. The average molecular weight is 533 g/mol. The molecule has 200 valence electrons. The van der Waals surface area contributed by atoms with Crippen LogP contribution in [0.4, 0.5) is 5.82 Å². The number of hydrogen-bond donors (Lipinski definition) is 0. The lowest BCUT2D eigenvalue weighted by atomic mass is 9.97. The molecule has 3 aromatic rings. The lowest BCUT2D eigenvalue weighted by Gasteiger charge is -2.31. The monoisotopic (exact) mass is 532 g/mol. The number of likely N-dealkylation sites (tertiary alicyclic amines) is 1. The van der Waals surface area contributed by atoms with Gasteiger partial charge in [-0.1, -0.05) is 61.2 Å². The predicted molar refractivity (Wildman–Crippen MR) is 152 cm³/mol. The first-order valence-electron chi connectivity index (χ1n) is 13.3. The van der Waals surface area contributed by atoms with Gasteiger partial charge in [0.15, 0.2) is 5.16 Å². The number of thioether (sulfide) groups is 1. The van der Waals surface area contributed by atoms with Gasteiger partial charge in [-0.2, -0.15) is 0 Å². The molecule has 1 aliphatic rings. The van der Waals surface area contributed by atoms with Gasteiger partial charge in [-0.15, -0.1) is 0 Å². The molecule has 4 rings (SSSR count).